The molecule has 0 radical (unpaired) electrons. The Balaban J connectivity index is 2.29. The van der Waals surface area contributed by atoms with Gasteiger partial charge in [0, 0.05) is 18.3 Å². The van der Waals surface area contributed by atoms with Gasteiger partial charge in [-0.25, -0.2) is 0 Å². The van der Waals surface area contributed by atoms with Crippen molar-refractivity contribution in [3.63, 3.8) is 0 Å². The lowest BCUT2D eigenvalue weighted by molar-refractivity contribution is 0.0511. The maximum Gasteiger partial charge on any atom is 0.256 e. The molecular formula is C13H20N4O. The molecule has 5 nitrogen and oxygen atoms in total. The van der Waals surface area contributed by atoms with Gasteiger partial charge < -0.3 is 10.3 Å². The summed E-state index contributed by atoms with van der Waals surface area (Å²) in [5.74, 6) is 5.46. The van der Waals surface area contributed by atoms with Crippen LogP contribution in [0.5, 0.6) is 0 Å². The number of aromatic nitrogens is 1. The van der Waals surface area contributed by atoms with Crippen molar-refractivity contribution < 1.29 is 4.79 Å². The third-order valence-corrected chi connectivity index (χ3v) is 3.64. The van der Waals surface area contributed by atoms with Crippen molar-refractivity contribution >= 4 is 11.6 Å². The average molecular weight is 248 g/mol. The predicted octanol–water partition coefficient (Wildman–Crippen LogP) is 1.77. The number of pyridine rings is 1. The SMILES string of the molecule is C[C@@H]1CCC[C@H](C)N1C(=O)c1ccncc1NN. The Hall–Kier alpha value is -1.62. The standard InChI is InChI=1S/C13H20N4O/c1-9-4-3-5-10(2)17(9)13(18)11-6-7-15-8-12(11)16-14/h6-10,16H,3-5,14H2,1-2H3/t9-,10+. The van der Waals surface area contributed by atoms with Crippen LogP contribution in [-0.2, 0) is 0 Å². The molecule has 1 saturated heterocycles. The van der Waals surface area contributed by atoms with Gasteiger partial charge in [-0.05, 0) is 39.2 Å². The second-order valence-corrected chi connectivity index (χ2v) is 4.91. The summed E-state index contributed by atoms with van der Waals surface area (Å²) in [6.07, 6.45) is 6.50. The van der Waals surface area contributed by atoms with Crippen molar-refractivity contribution in [3.8, 4) is 0 Å². The number of carbonyl (C=O) groups is 1. The quantitative estimate of drug-likeness (QED) is 0.618. The molecule has 3 N–H and O–H groups in total. The summed E-state index contributed by atoms with van der Waals surface area (Å²) in [5.41, 5.74) is 3.70. The van der Waals surface area contributed by atoms with Gasteiger partial charge in [0.25, 0.3) is 5.91 Å². The number of likely N-dealkylation sites (tertiary alicyclic amines) is 1. The van der Waals surface area contributed by atoms with Crippen molar-refractivity contribution in [3.05, 3.63) is 24.0 Å². The van der Waals surface area contributed by atoms with E-state index >= 15 is 0 Å². The van der Waals surface area contributed by atoms with Gasteiger partial charge in [-0.3, -0.25) is 15.6 Å². The Morgan fingerprint density at radius 3 is 2.72 bits per heavy atom. The van der Waals surface area contributed by atoms with Gasteiger partial charge in [-0.15, -0.1) is 0 Å². The van der Waals surface area contributed by atoms with Crippen LogP contribution in [0.3, 0.4) is 0 Å². The molecule has 2 atom stereocenters. The molecule has 1 aromatic rings. The molecule has 0 unspecified atom stereocenters. The molecule has 1 aliphatic heterocycles. The minimum Gasteiger partial charge on any atom is -0.333 e. The van der Waals surface area contributed by atoms with Crippen LogP contribution in [0.1, 0.15) is 43.5 Å². The van der Waals surface area contributed by atoms with Crippen LogP contribution in [0.2, 0.25) is 0 Å². The van der Waals surface area contributed by atoms with E-state index in [1.165, 1.54) is 6.42 Å². The van der Waals surface area contributed by atoms with E-state index in [4.69, 9.17) is 5.84 Å². The third kappa shape index (κ3) is 2.31. The number of carbonyl (C=O) groups excluding carboxylic acids is 1. The van der Waals surface area contributed by atoms with E-state index in [2.05, 4.69) is 24.3 Å². The molecule has 2 heterocycles. The fourth-order valence-corrected chi connectivity index (χ4v) is 2.66. The molecule has 0 saturated carbocycles. The average Bonchev–Trinajstić information content (AvgIpc) is 2.38. The van der Waals surface area contributed by atoms with Crippen molar-refractivity contribution in [1.82, 2.24) is 9.88 Å². The monoisotopic (exact) mass is 248 g/mol. The predicted molar refractivity (Wildman–Crippen MR) is 71.0 cm³/mol. The summed E-state index contributed by atoms with van der Waals surface area (Å²) >= 11 is 0. The van der Waals surface area contributed by atoms with Gasteiger partial charge in [-0.1, -0.05) is 0 Å². The summed E-state index contributed by atoms with van der Waals surface area (Å²) in [7, 11) is 0. The van der Waals surface area contributed by atoms with Crippen LogP contribution in [0, 0.1) is 0 Å². The molecule has 1 aromatic heterocycles. The van der Waals surface area contributed by atoms with Crippen LogP contribution in [0.25, 0.3) is 0 Å². The van der Waals surface area contributed by atoms with E-state index in [1.54, 1.807) is 18.5 Å². The van der Waals surface area contributed by atoms with Crippen LogP contribution in [0.15, 0.2) is 18.5 Å². The second-order valence-electron chi connectivity index (χ2n) is 4.91. The molecule has 5 heteroatoms. The van der Waals surface area contributed by atoms with Crippen molar-refractivity contribution in [1.29, 1.82) is 0 Å². The number of hydrazine groups is 1. The number of nitrogens with two attached hydrogens (primary N) is 1. The Bertz CT molecular complexity index is 425. The molecule has 1 amide bonds. The molecule has 98 valence electrons. The minimum absolute atomic E-state index is 0.0325. The first kappa shape index (κ1) is 12.8. The van der Waals surface area contributed by atoms with E-state index in [-0.39, 0.29) is 18.0 Å². The van der Waals surface area contributed by atoms with Gasteiger partial charge in [0.2, 0.25) is 0 Å². The Morgan fingerprint density at radius 1 is 1.44 bits per heavy atom. The summed E-state index contributed by atoms with van der Waals surface area (Å²) < 4.78 is 0. The maximum atomic E-state index is 12.6. The molecule has 0 spiro atoms. The van der Waals surface area contributed by atoms with Gasteiger partial charge in [-0.2, -0.15) is 0 Å². The van der Waals surface area contributed by atoms with Crippen LogP contribution in [-0.4, -0.2) is 27.9 Å². The maximum absolute atomic E-state index is 12.6. The van der Waals surface area contributed by atoms with E-state index in [0.29, 0.717) is 11.3 Å². The summed E-state index contributed by atoms with van der Waals surface area (Å²) in [6.45, 7) is 4.20. The first-order chi connectivity index (χ1) is 8.65. The summed E-state index contributed by atoms with van der Waals surface area (Å²) in [4.78, 5) is 18.5. The van der Waals surface area contributed by atoms with Crippen LogP contribution < -0.4 is 11.3 Å². The Morgan fingerprint density at radius 2 is 2.11 bits per heavy atom. The molecule has 1 fully saturated rings. The van der Waals surface area contributed by atoms with Gasteiger partial charge in [0.05, 0.1) is 17.4 Å². The van der Waals surface area contributed by atoms with Gasteiger partial charge >= 0.3 is 0 Å². The van der Waals surface area contributed by atoms with Crippen molar-refractivity contribution in [2.24, 2.45) is 5.84 Å². The molecule has 0 aliphatic carbocycles. The van der Waals surface area contributed by atoms with Gasteiger partial charge in [0.1, 0.15) is 0 Å². The lowest BCUT2D eigenvalue weighted by Gasteiger charge is -2.39. The summed E-state index contributed by atoms with van der Waals surface area (Å²) in [5, 5.41) is 0. The number of rotatable bonds is 2. The summed E-state index contributed by atoms with van der Waals surface area (Å²) in [6, 6.07) is 2.27. The molecule has 0 bridgehead atoms. The zero-order chi connectivity index (χ0) is 13.1. The number of amides is 1. The molecular weight excluding hydrogens is 228 g/mol. The normalized spacial score (nSPS) is 23.8. The molecule has 18 heavy (non-hydrogen) atoms. The van der Waals surface area contributed by atoms with Crippen LogP contribution in [0.4, 0.5) is 5.69 Å². The fourth-order valence-electron chi connectivity index (χ4n) is 2.66. The third-order valence-electron chi connectivity index (χ3n) is 3.64. The number of hydrogen-bond donors (Lipinski definition) is 2. The second kappa shape index (κ2) is 5.35. The van der Waals surface area contributed by atoms with E-state index < -0.39 is 0 Å². The molecule has 2 rings (SSSR count). The highest BCUT2D eigenvalue weighted by Gasteiger charge is 2.30. The largest absolute Gasteiger partial charge is 0.333 e. The number of piperidine rings is 1. The zero-order valence-electron chi connectivity index (χ0n) is 10.9. The highest BCUT2D eigenvalue weighted by molar-refractivity contribution is 5.99. The highest BCUT2D eigenvalue weighted by Crippen LogP contribution is 2.26. The van der Waals surface area contributed by atoms with Gasteiger partial charge in [0.15, 0.2) is 0 Å². The minimum atomic E-state index is 0.0325. The van der Waals surface area contributed by atoms with Crippen LogP contribution >= 0.6 is 0 Å². The number of nitrogens with one attached hydrogen (secondary N) is 1. The number of nitrogen functional groups attached to an aromatic ring is 1. The van der Waals surface area contributed by atoms with E-state index in [0.717, 1.165) is 12.8 Å². The lowest BCUT2D eigenvalue weighted by Crippen LogP contribution is -2.47. The zero-order valence-corrected chi connectivity index (χ0v) is 10.9. The number of anilines is 1. The Labute approximate surface area is 107 Å². The molecule has 0 aromatic carbocycles. The Kier molecular flexibility index (Phi) is 3.81. The topological polar surface area (TPSA) is 71.2 Å². The van der Waals surface area contributed by atoms with E-state index in [1.807, 2.05) is 4.90 Å². The molecule has 1 aliphatic rings. The number of nitrogens with zero attached hydrogens (tertiary/aromatic N) is 2. The first-order valence-corrected chi connectivity index (χ1v) is 6.38. The first-order valence-electron chi connectivity index (χ1n) is 6.38. The van der Waals surface area contributed by atoms with Crippen molar-refractivity contribution in [2.75, 3.05) is 5.43 Å². The number of hydrogen-bond acceptors (Lipinski definition) is 4. The van der Waals surface area contributed by atoms with Crippen molar-refractivity contribution in [2.45, 2.75) is 45.2 Å². The lowest BCUT2D eigenvalue weighted by atomic mass is 9.96. The van der Waals surface area contributed by atoms with E-state index in [9.17, 15) is 4.79 Å². The smallest absolute Gasteiger partial charge is 0.256 e. The fraction of sp³-hybridized carbons (Fsp3) is 0.538. The highest BCUT2D eigenvalue weighted by atomic mass is 16.2.